The number of piperidine rings is 1. The Hall–Kier alpha value is -3.30. The van der Waals surface area contributed by atoms with E-state index in [1.807, 2.05) is 20.8 Å². The SMILES string of the molecule is C=CCNC(=O)C(=O)C(CC)NC(=O)[C@@H]1[C@@H]2[C@H](CN1C(=O)[C@@H](NC(=O)N[C@H](CN(C)S(=O)(=O)c1cccs1)C(C)(C)C)C1CCCCC1)C2(C)C. The van der Waals surface area contributed by atoms with Gasteiger partial charge < -0.3 is 26.2 Å². The molecule has 51 heavy (non-hydrogen) atoms. The van der Waals surface area contributed by atoms with Gasteiger partial charge in [0.15, 0.2) is 0 Å². The first-order valence-corrected chi connectivity index (χ1v) is 20.3. The molecule has 1 unspecified atom stereocenters. The van der Waals surface area contributed by atoms with E-state index in [-0.39, 0.29) is 52.8 Å². The molecule has 5 amide bonds. The number of likely N-dealkylation sites (tertiary alicyclic amines) is 1. The summed E-state index contributed by atoms with van der Waals surface area (Å²) in [6, 6.07) is -0.826. The molecule has 4 N–H and O–H groups in total. The number of sulfonamides is 1. The van der Waals surface area contributed by atoms with Crippen LogP contribution < -0.4 is 21.3 Å². The fourth-order valence-electron chi connectivity index (χ4n) is 7.66. The second-order valence-corrected chi connectivity index (χ2v) is 19.1. The Bertz CT molecular complexity index is 1570. The van der Waals surface area contributed by atoms with Crippen LogP contribution in [0.5, 0.6) is 0 Å². The zero-order valence-electron chi connectivity index (χ0n) is 31.0. The van der Waals surface area contributed by atoms with Gasteiger partial charge in [-0.15, -0.1) is 17.9 Å². The molecule has 3 fully saturated rings. The summed E-state index contributed by atoms with van der Waals surface area (Å²) < 4.78 is 27.9. The minimum atomic E-state index is -3.77. The molecule has 2 aliphatic carbocycles. The quantitative estimate of drug-likeness (QED) is 0.157. The molecule has 0 aromatic carbocycles. The number of rotatable bonds is 15. The first-order chi connectivity index (χ1) is 23.9. The van der Waals surface area contributed by atoms with Gasteiger partial charge in [0.1, 0.15) is 16.3 Å². The number of thiophene rings is 1. The number of hydrogen-bond donors (Lipinski definition) is 4. The second-order valence-electron chi connectivity index (χ2n) is 15.9. The van der Waals surface area contributed by atoms with Crippen molar-refractivity contribution in [1.29, 1.82) is 0 Å². The van der Waals surface area contributed by atoms with Crippen molar-refractivity contribution >= 4 is 50.9 Å². The summed E-state index contributed by atoms with van der Waals surface area (Å²) >= 11 is 1.12. The third-order valence-electron chi connectivity index (χ3n) is 11.1. The minimum absolute atomic E-state index is 0.00886. The number of carbonyl (C=O) groups is 5. The van der Waals surface area contributed by atoms with Gasteiger partial charge >= 0.3 is 6.03 Å². The smallest absolute Gasteiger partial charge is 0.315 e. The van der Waals surface area contributed by atoms with E-state index >= 15 is 0 Å². The van der Waals surface area contributed by atoms with Gasteiger partial charge in [-0.1, -0.05) is 72.9 Å². The molecule has 0 bridgehead atoms. The predicted molar refractivity (Wildman–Crippen MR) is 196 cm³/mol. The van der Waals surface area contributed by atoms with Gasteiger partial charge in [-0.25, -0.2) is 13.2 Å². The normalized spacial score (nSPS) is 23.4. The fraction of sp³-hybridized carbons (Fsp3) is 0.694. The van der Waals surface area contributed by atoms with Crippen LogP contribution in [0.25, 0.3) is 0 Å². The summed E-state index contributed by atoms with van der Waals surface area (Å²) in [5.41, 5.74) is -0.742. The van der Waals surface area contributed by atoms with Crippen LogP contribution in [-0.4, -0.2) is 98.0 Å². The lowest BCUT2D eigenvalue weighted by molar-refractivity contribution is -0.144. The highest BCUT2D eigenvalue weighted by Gasteiger charge is 2.69. The molecule has 1 aromatic rings. The highest BCUT2D eigenvalue weighted by Crippen LogP contribution is 2.65. The van der Waals surface area contributed by atoms with E-state index in [0.29, 0.717) is 6.54 Å². The van der Waals surface area contributed by atoms with E-state index in [0.717, 1.165) is 43.4 Å². The van der Waals surface area contributed by atoms with E-state index in [1.165, 1.54) is 17.4 Å². The van der Waals surface area contributed by atoms with Crippen molar-refractivity contribution in [2.45, 2.75) is 108 Å². The third-order valence-corrected chi connectivity index (χ3v) is 14.3. The van der Waals surface area contributed by atoms with Crippen molar-refractivity contribution in [3.05, 3.63) is 30.2 Å². The molecule has 284 valence electrons. The summed E-state index contributed by atoms with van der Waals surface area (Å²) in [6.07, 6.45) is 5.95. The largest absolute Gasteiger partial charge is 0.346 e. The van der Waals surface area contributed by atoms with E-state index in [9.17, 15) is 32.4 Å². The molecular formula is C36H56N6O7S2. The van der Waals surface area contributed by atoms with E-state index in [4.69, 9.17) is 0 Å². The van der Waals surface area contributed by atoms with Crippen molar-refractivity contribution in [3.63, 3.8) is 0 Å². The van der Waals surface area contributed by atoms with Gasteiger partial charge in [-0.3, -0.25) is 19.2 Å². The molecule has 1 saturated heterocycles. The van der Waals surface area contributed by atoms with Gasteiger partial charge in [0.2, 0.25) is 17.6 Å². The molecule has 0 radical (unpaired) electrons. The Morgan fingerprint density at radius 3 is 2.33 bits per heavy atom. The lowest BCUT2D eigenvalue weighted by Crippen LogP contribution is -2.61. The number of Topliss-reactive ketones (excluding diaryl/α,β-unsaturated/α-hetero) is 1. The maximum atomic E-state index is 14.6. The Balaban J connectivity index is 1.54. The van der Waals surface area contributed by atoms with Crippen LogP contribution in [-0.2, 0) is 29.2 Å². The number of hydrogen-bond acceptors (Lipinski definition) is 8. The molecule has 1 aromatic heterocycles. The number of nitrogens with one attached hydrogen (secondary N) is 4. The minimum Gasteiger partial charge on any atom is -0.346 e. The van der Waals surface area contributed by atoms with Crippen LogP contribution >= 0.6 is 11.3 Å². The first-order valence-electron chi connectivity index (χ1n) is 18.0. The Morgan fingerprint density at radius 1 is 1.10 bits per heavy atom. The van der Waals surface area contributed by atoms with Crippen molar-refractivity contribution in [2.75, 3.05) is 26.7 Å². The van der Waals surface area contributed by atoms with Gasteiger partial charge in [0.25, 0.3) is 15.9 Å². The zero-order valence-corrected chi connectivity index (χ0v) is 32.6. The lowest BCUT2D eigenvalue weighted by Gasteiger charge is -2.38. The number of nitrogens with zero attached hydrogens (tertiary/aromatic N) is 2. The number of likely N-dealkylation sites (N-methyl/N-ethyl adjacent to an activating group) is 1. The third kappa shape index (κ3) is 9.02. The molecule has 0 spiro atoms. The van der Waals surface area contributed by atoms with Crippen LogP contribution in [0.4, 0.5) is 4.79 Å². The summed E-state index contributed by atoms with van der Waals surface area (Å²) in [5, 5.41) is 12.9. The highest BCUT2D eigenvalue weighted by atomic mass is 32.2. The van der Waals surface area contributed by atoms with Crippen molar-refractivity contribution < 1.29 is 32.4 Å². The Kier molecular flexibility index (Phi) is 12.8. The molecular weight excluding hydrogens is 693 g/mol. The average molecular weight is 749 g/mol. The number of urea groups is 1. The van der Waals surface area contributed by atoms with Crippen molar-refractivity contribution in [3.8, 4) is 0 Å². The van der Waals surface area contributed by atoms with Gasteiger partial charge in [0, 0.05) is 32.7 Å². The van der Waals surface area contributed by atoms with Gasteiger partial charge in [-0.05, 0) is 59.3 Å². The summed E-state index contributed by atoms with van der Waals surface area (Å²) in [5.74, 6) is -2.66. The van der Waals surface area contributed by atoms with E-state index in [1.54, 1.807) is 29.3 Å². The highest BCUT2D eigenvalue weighted by molar-refractivity contribution is 7.91. The maximum Gasteiger partial charge on any atom is 0.315 e. The molecule has 15 heteroatoms. The Morgan fingerprint density at radius 2 is 1.76 bits per heavy atom. The van der Waals surface area contributed by atoms with E-state index < -0.39 is 63.2 Å². The summed E-state index contributed by atoms with van der Waals surface area (Å²) in [7, 11) is -2.28. The second kappa shape index (κ2) is 16.2. The first kappa shape index (κ1) is 40.5. The number of amides is 5. The molecule has 2 saturated carbocycles. The Labute approximate surface area is 306 Å². The van der Waals surface area contributed by atoms with Gasteiger partial charge in [-0.2, -0.15) is 4.31 Å². The molecule has 13 nitrogen and oxygen atoms in total. The number of carbonyl (C=O) groups excluding carboxylic acids is 5. The fourth-order valence-corrected chi connectivity index (χ4v) is 10.0. The monoisotopic (exact) mass is 748 g/mol. The zero-order chi connectivity index (χ0) is 37.9. The van der Waals surface area contributed by atoms with Crippen LogP contribution in [0.15, 0.2) is 34.4 Å². The number of ketones is 1. The van der Waals surface area contributed by atoms with Gasteiger partial charge in [0.05, 0.1) is 6.04 Å². The molecule has 1 aliphatic heterocycles. The molecule has 4 rings (SSSR count). The standard InChI is InChI=1S/C36H56N6O7S2/c1-9-18-37-32(45)30(43)24(10-2)38-31(44)29-27-23(36(27,6)7)20-42(29)33(46)28(22-15-12-11-13-16-22)40-34(47)39-25(35(3,4)5)21-41(8)51(48,49)26-17-14-19-50-26/h9,14,17,19,22-25,27-29H,1,10-13,15-16,18,20-21H2,2-8H3,(H,37,45)(H,38,44)(H2,39,40,47)/t23-,24?,25+,27-,28-,29-/m0/s1. The molecule has 3 aliphatic rings. The predicted octanol–water partition coefficient (Wildman–Crippen LogP) is 3.28. The van der Waals surface area contributed by atoms with Crippen LogP contribution in [0.1, 0.15) is 80.1 Å². The van der Waals surface area contributed by atoms with E-state index in [2.05, 4.69) is 41.7 Å². The molecule has 2 heterocycles. The average Bonchev–Trinajstić information content (AvgIpc) is 3.54. The summed E-state index contributed by atoms with van der Waals surface area (Å²) in [4.78, 5) is 69.3. The molecule has 6 atom stereocenters. The number of fused-ring (bicyclic) bond motifs is 1. The maximum absolute atomic E-state index is 14.6. The van der Waals surface area contributed by atoms with Crippen LogP contribution in [0.3, 0.4) is 0 Å². The lowest BCUT2D eigenvalue weighted by atomic mass is 9.83. The van der Waals surface area contributed by atoms with Crippen molar-refractivity contribution in [2.24, 2.45) is 28.6 Å². The van der Waals surface area contributed by atoms with Crippen LogP contribution in [0, 0.1) is 28.6 Å². The topological polar surface area (TPSA) is 174 Å². The van der Waals surface area contributed by atoms with Crippen molar-refractivity contribution in [1.82, 2.24) is 30.5 Å². The summed E-state index contributed by atoms with van der Waals surface area (Å²) in [6.45, 7) is 15.5. The van der Waals surface area contributed by atoms with Crippen LogP contribution in [0.2, 0.25) is 0 Å².